The summed E-state index contributed by atoms with van der Waals surface area (Å²) in [5, 5.41) is 6.05. The van der Waals surface area contributed by atoms with Crippen LogP contribution in [-0.2, 0) is 13.6 Å². The Kier molecular flexibility index (Phi) is 3.40. The molecule has 6 nitrogen and oxygen atoms in total. The second-order valence-corrected chi connectivity index (χ2v) is 3.85. The minimum Gasteiger partial charge on any atom is -0.337 e. The third kappa shape index (κ3) is 2.52. The molecule has 0 atom stereocenters. The van der Waals surface area contributed by atoms with Crippen LogP contribution in [0, 0.1) is 0 Å². The summed E-state index contributed by atoms with van der Waals surface area (Å²) in [5.41, 5.74) is 0. The van der Waals surface area contributed by atoms with Gasteiger partial charge in [-0.1, -0.05) is 0 Å². The molecule has 0 unspecified atom stereocenters. The summed E-state index contributed by atoms with van der Waals surface area (Å²) in [6.45, 7) is 3.84. The summed E-state index contributed by atoms with van der Waals surface area (Å²) >= 11 is 0. The molecule has 0 bridgehead atoms. The number of carbonyl (C=O) groups is 1. The summed E-state index contributed by atoms with van der Waals surface area (Å²) in [6.07, 6.45) is 3.70. The molecule has 2 rings (SSSR count). The maximum Gasteiger partial charge on any atom is 0.317 e. The largest absolute Gasteiger partial charge is 0.337 e. The van der Waals surface area contributed by atoms with Gasteiger partial charge < -0.3 is 20.1 Å². The Bertz CT molecular complexity index is 362. The SMILES string of the molecule is Cn1ccnc1CNCCN1CCNC1=O. The van der Waals surface area contributed by atoms with E-state index in [1.54, 1.807) is 6.20 Å². The standard InChI is InChI=1S/C10H17N5O/c1-14-5-3-12-9(14)8-11-2-6-15-7-4-13-10(15)16/h3,5,11H,2,4,6-8H2,1H3,(H,13,16). The Morgan fingerprint density at radius 1 is 1.62 bits per heavy atom. The van der Waals surface area contributed by atoms with E-state index in [2.05, 4.69) is 15.6 Å². The lowest BCUT2D eigenvalue weighted by Crippen LogP contribution is -2.34. The van der Waals surface area contributed by atoms with Crippen LogP contribution in [0.15, 0.2) is 12.4 Å². The van der Waals surface area contributed by atoms with Crippen LogP contribution in [0.5, 0.6) is 0 Å². The van der Waals surface area contributed by atoms with Crippen LogP contribution in [0.3, 0.4) is 0 Å². The van der Waals surface area contributed by atoms with Gasteiger partial charge in [-0.25, -0.2) is 9.78 Å². The summed E-state index contributed by atoms with van der Waals surface area (Å²) < 4.78 is 1.98. The van der Waals surface area contributed by atoms with Crippen molar-refractivity contribution < 1.29 is 4.79 Å². The van der Waals surface area contributed by atoms with E-state index in [4.69, 9.17) is 0 Å². The first-order valence-electron chi connectivity index (χ1n) is 5.47. The lowest BCUT2D eigenvalue weighted by Gasteiger charge is -2.14. The third-order valence-corrected chi connectivity index (χ3v) is 2.71. The molecule has 1 aliphatic heterocycles. The highest BCUT2D eigenvalue weighted by Crippen LogP contribution is 1.95. The van der Waals surface area contributed by atoms with Crippen molar-refractivity contribution in [3.05, 3.63) is 18.2 Å². The van der Waals surface area contributed by atoms with E-state index in [0.29, 0.717) is 0 Å². The third-order valence-electron chi connectivity index (χ3n) is 2.71. The molecule has 16 heavy (non-hydrogen) atoms. The van der Waals surface area contributed by atoms with Crippen molar-refractivity contribution in [2.75, 3.05) is 26.2 Å². The molecule has 1 aliphatic rings. The zero-order valence-corrected chi connectivity index (χ0v) is 9.44. The number of nitrogens with zero attached hydrogens (tertiary/aromatic N) is 3. The molecule has 1 aromatic rings. The molecule has 1 aromatic heterocycles. The molecule has 1 saturated heterocycles. The van der Waals surface area contributed by atoms with E-state index >= 15 is 0 Å². The number of rotatable bonds is 5. The average Bonchev–Trinajstić information content (AvgIpc) is 2.84. The number of hydrogen-bond donors (Lipinski definition) is 2. The summed E-state index contributed by atoms with van der Waals surface area (Å²) in [7, 11) is 1.97. The number of hydrogen-bond acceptors (Lipinski definition) is 3. The fourth-order valence-corrected chi connectivity index (χ4v) is 1.71. The van der Waals surface area contributed by atoms with Crippen molar-refractivity contribution in [3.63, 3.8) is 0 Å². The number of carbonyl (C=O) groups excluding carboxylic acids is 1. The smallest absolute Gasteiger partial charge is 0.317 e. The average molecular weight is 223 g/mol. The Morgan fingerprint density at radius 2 is 2.50 bits per heavy atom. The van der Waals surface area contributed by atoms with Crippen molar-refractivity contribution in [2.45, 2.75) is 6.54 Å². The number of nitrogens with one attached hydrogen (secondary N) is 2. The van der Waals surface area contributed by atoms with Gasteiger partial charge in [-0.05, 0) is 0 Å². The first-order valence-corrected chi connectivity index (χ1v) is 5.47. The summed E-state index contributed by atoms with van der Waals surface area (Å²) in [4.78, 5) is 17.2. The summed E-state index contributed by atoms with van der Waals surface area (Å²) in [5.74, 6) is 1.01. The maximum atomic E-state index is 11.2. The fraction of sp³-hybridized carbons (Fsp3) is 0.600. The molecule has 1 fully saturated rings. The number of aryl methyl sites for hydroxylation is 1. The van der Waals surface area contributed by atoms with Crippen LogP contribution in [0.4, 0.5) is 4.79 Å². The minimum absolute atomic E-state index is 0.0405. The maximum absolute atomic E-state index is 11.2. The number of imidazole rings is 1. The van der Waals surface area contributed by atoms with Gasteiger partial charge in [0.25, 0.3) is 0 Å². The predicted octanol–water partition coefficient (Wildman–Crippen LogP) is -0.465. The molecule has 0 saturated carbocycles. The first kappa shape index (κ1) is 10.9. The monoisotopic (exact) mass is 223 g/mol. The van der Waals surface area contributed by atoms with Gasteiger partial charge in [-0.3, -0.25) is 0 Å². The molecule has 2 N–H and O–H groups in total. The van der Waals surface area contributed by atoms with Gasteiger partial charge in [-0.15, -0.1) is 0 Å². The Morgan fingerprint density at radius 3 is 3.12 bits per heavy atom. The second kappa shape index (κ2) is 4.98. The van der Waals surface area contributed by atoms with Crippen molar-refractivity contribution in [2.24, 2.45) is 7.05 Å². The number of amides is 2. The molecule has 6 heteroatoms. The molecular formula is C10H17N5O. The lowest BCUT2D eigenvalue weighted by molar-refractivity contribution is 0.217. The van der Waals surface area contributed by atoms with Crippen molar-refractivity contribution in [1.29, 1.82) is 0 Å². The minimum atomic E-state index is 0.0405. The Hall–Kier alpha value is -1.56. The quantitative estimate of drug-likeness (QED) is 0.664. The van der Waals surface area contributed by atoms with Crippen LogP contribution in [-0.4, -0.2) is 46.7 Å². The highest BCUT2D eigenvalue weighted by Gasteiger charge is 2.17. The van der Waals surface area contributed by atoms with Gasteiger partial charge in [0.05, 0.1) is 6.54 Å². The Labute approximate surface area is 94.6 Å². The van der Waals surface area contributed by atoms with Crippen LogP contribution in [0.25, 0.3) is 0 Å². The molecule has 0 aliphatic carbocycles. The van der Waals surface area contributed by atoms with Crippen LogP contribution in [0.2, 0.25) is 0 Å². The van der Waals surface area contributed by atoms with E-state index in [-0.39, 0.29) is 6.03 Å². The zero-order chi connectivity index (χ0) is 11.4. The Balaban J connectivity index is 1.65. The molecule has 2 amide bonds. The van der Waals surface area contributed by atoms with E-state index in [1.165, 1.54) is 0 Å². The van der Waals surface area contributed by atoms with E-state index in [0.717, 1.165) is 38.5 Å². The number of aromatic nitrogens is 2. The molecule has 0 spiro atoms. The zero-order valence-electron chi connectivity index (χ0n) is 9.44. The normalized spacial score (nSPS) is 15.6. The van der Waals surface area contributed by atoms with Crippen molar-refractivity contribution >= 4 is 6.03 Å². The van der Waals surface area contributed by atoms with Crippen molar-refractivity contribution in [1.82, 2.24) is 25.1 Å². The second-order valence-electron chi connectivity index (χ2n) is 3.85. The topological polar surface area (TPSA) is 62.2 Å². The number of urea groups is 1. The molecule has 0 radical (unpaired) electrons. The highest BCUT2D eigenvalue weighted by molar-refractivity contribution is 5.76. The lowest BCUT2D eigenvalue weighted by atomic mass is 10.5. The van der Waals surface area contributed by atoms with Crippen LogP contribution < -0.4 is 10.6 Å². The van der Waals surface area contributed by atoms with Crippen molar-refractivity contribution in [3.8, 4) is 0 Å². The molecule has 2 heterocycles. The van der Waals surface area contributed by atoms with Gasteiger partial charge in [-0.2, -0.15) is 0 Å². The van der Waals surface area contributed by atoms with Gasteiger partial charge in [0, 0.05) is 45.6 Å². The molecule has 0 aromatic carbocycles. The van der Waals surface area contributed by atoms with Crippen LogP contribution >= 0.6 is 0 Å². The van der Waals surface area contributed by atoms with Gasteiger partial charge in [0.15, 0.2) is 0 Å². The highest BCUT2D eigenvalue weighted by atomic mass is 16.2. The van der Waals surface area contributed by atoms with E-state index < -0.39 is 0 Å². The van der Waals surface area contributed by atoms with Gasteiger partial charge >= 0.3 is 6.03 Å². The van der Waals surface area contributed by atoms with E-state index in [1.807, 2.05) is 22.7 Å². The van der Waals surface area contributed by atoms with Crippen LogP contribution in [0.1, 0.15) is 5.82 Å². The van der Waals surface area contributed by atoms with E-state index in [9.17, 15) is 4.79 Å². The predicted molar refractivity (Wildman–Crippen MR) is 59.9 cm³/mol. The molecule has 88 valence electrons. The first-order chi connectivity index (χ1) is 7.77. The van der Waals surface area contributed by atoms with Gasteiger partial charge in [0.1, 0.15) is 5.82 Å². The molecular weight excluding hydrogens is 206 g/mol. The fourth-order valence-electron chi connectivity index (χ4n) is 1.71. The van der Waals surface area contributed by atoms with Gasteiger partial charge in [0.2, 0.25) is 0 Å². The summed E-state index contributed by atoms with van der Waals surface area (Å²) in [6, 6.07) is 0.0405.